The molecule has 5 rings (SSSR count). The predicted molar refractivity (Wildman–Crippen MR) is 113 cm³/mol. The van der Waals surface area contributed by atoms with Crippen molar-refractivity contribution in [2.45, 2.75) is 89.1 Å². The van der Waals surface area contributed by atoms with E-state index in [1.165, 1.54) is 12.2 Å². The Kier molecular flexibility index (Phi) is 4.93. The van der Waals surface area contributed by atoms with Crippen molar-refractivity contribution >= 4 is 11.6 Å². The highest BCUT2D eigenvalue weighted by Crippen LogP contribution is 2.71. The summed E-state index contributed by atoms with van der Waals surface area (Å²) in [6.45, 7) is 5.00. The molecule has 5 aliphatic rings. The number of allylic oxidation sites excluding steroid dienone is 4. The van der Waals surface area contributed by atoms with Gasteiger partial charge in [0.2, 0.25) is 0 Å². The van der Waals surface area contributed by atoms with E-state index in [4.69, 9.17) is 9.47 Å². The molecule has 6 nitrogen and oxygen atoms in total. The first kappa shape index (κ1) is 22.4. The first-order valence-corrected chi connectivity index (χ1v) is 11.9. The monoisotopic (exact) mass is 448 g/mol. The van der Waals surface area contributed by atoms with Gasteiger partial charge < -0.3 is 19.7 Å². The van der Waals surface area contributed by atoms with Crippen LogP contribution in [-0.2, 0) is 19.1 Å². The maximum atomic E-state index is 17.2. The van der Waals surface area contributed by atoms with Crippen molar-refractivity contribution < 1.29 is 33.7 Å². The van der Waals surface area contributed by atoms with Gasteiger partial charge in [-0.3, -0.25) is 9.59 Å². The fourth-order valence-electron chi connectivity index (χ4n) is 8.01. The van der Waals surface area contributed by atoms with Gasteiger partial charge >= 0.3 is 0 Å². The lowest BCUT2D eigenvalue weighted by Crippen LogP contribution is -2.69. The Morgan fingerprint density at radius 3 is 2.75 bits per heavy atom. The van der Waals surface area contributed by atoms with Crippen molar-refractivity contribution in [3.05, 3.63) is 23.8 Å². The van der Waals surface area contributed by atoms with Gasteiger partial charge in [0.25, 0.3) is 0 Å². The maximum Gasteiger partial charge on any atom is 0.193 e. The first-order chi connectivity index (χ1) is 15.1. The van der Waals surface area contributed by atoms with Gasteiger partial charge in [-0.15, -0.1) is 0 Å². The molecule has 0 aromatic rings. The van der Waals surface area contributed by atoms with Crippen molar-refractivity contribution in [2.24, 2.45) is 22.7 Å². The van der Waals surface area contributed by atoms with Gasteiger partial charge in [0, 0.05) is 16.7 Å². The summed E-state index contributed by atoms with van der Waals surface area (Å²) < 4.78 is 29.7. The second kappa shape index (κ2) is 7.05. The van der Waals surface area contributed by atoms with Crippen LogP contribution in [0.5, 0.6) is 0 Å². The van der Waals surface area contributed by atoms with E-state index in [0.717, 1.165) is 12.0 Å². The van der Waals surface area contributed by atoms with E-state index >= 15 is 4.39 Å². The molecule has 4 aliphatic carbocycles. The van der Waals surface area contributed by atoms with Crippen molar-refractivity contribution in [2.75, 3.05) is 6.61 Å². The Morgan fingerprint density at radius 1 is 1.31 bits per heavy atom. The fourth-order valence-corrected chi connectivity index (χ4v) is 8.01. The van der Waals surface area contributed by atoms with Crippen molar-refractivity contribution in [1.82, 2.24) is 0 Å². The summed E-state index contributed by atoms with van der Waals surface area (Å²) in [6, 6.07) is 0. The van der Waals surface area contributed by atoms with Gasteiger partial charge in [0.15, 0.2) is 29.1 Å². The van der Waals surface area contributed by atoms with Gasteiger partial charge in [0.1, 0.15) is 6.61 Å². The summed E-state index contributed by atoms with van der Waals surface area (Å²) >= 11 is 0. The molecule has 1 unspecified atom stereocenters. The number of Topliss-reactive ketones (excluding diaryl/α,β-unsaturated/α-hetero) is 1. The lowest BCUT2D eigenvalue weighted by atomic mass is 9.44. The number of carbonyl (C=O) groups excluding carboxylic acids is 2. The molecule has 2 N–H and O–H groups in total. The molecular formula is C25H33FO6. The third-order valence-corrected chi connectivity index (χ3v) is 9.52. The second-order valence-electron chi connectivity index (χ2n) is 10.8. The van der Waals surface area contributed by atoms with Gasteiger partial charge in [-0.1, -0.05) is 31.9 Å². The van der Waals surface area contributed by atoms with Gasteiger partial charge in [-0.25, -0.2) is 4.39 Å². The molecule has 1 aliphatic heterocycles. The normalized spacial score (nSPS) is 51.5. The number of aliphatic hydroxyl groups is 2. The highest BCUT2D eigenvalue weighted by Gasteiger charge is 2.79. The Bertz CT molecular complexity index is 914. The molecule has 1 saturated heterocycles. The minimum atomic E-state index is -1.97. The highest BCUT2D eigenvalue weighted by atomic mass is 19.1. The van der Waals surface area contributed by atoms with Crippen molar-refractivity contribution in [3.63, 3.8) is 0 Å². The molecule has 0 bridgehead atoms. The zero-order chi connectivity index (χ0) is 23.1. The van der Waals surface area contributed by atoms with Crippen LogP contribution >= 0.6 is 0 Å². The lowest BCUT2D eigenvalue weighted by molar-refractivity contribution is -0.231. The number of ether oxygens (including phenoxy) is 2. The largest absolute Gasteiger partial charge is 0.390 e. The van der Waals surface area contributed by atoms with Crippen LogP contribution in [0.15, 0.2) is 23.8 Å². The second-order valence-corrected chi connectivity index (χ2v) is 10.8. The Morgan fingerprint density at radius 2 is 2.06 bits per heavy atom. The van der Waals surface area contributed by atoms with E-state index in [0.29, 0.717) is 25.7 Å². The average molecular weight is 449 g/mol. The predicted octanol–water partition coefficient (Wildman–Crippen LogP) is 2.81. The van der Waals surface area contributed by atoms with E-state index in [1.807, 2.05) is 13.8 Å². The van der Waals surface area contributed by atoms with Crippen LogP contribution < -0.4 is 0 Å². The number of hydrogen-bond acceptors (Lipinski definition) is 6. The van der Waals surface area contributed by atoms with E-state index in [1.54, 1.807) is 13.0 Å². The molecule has 0 spiro atoms. The zero-order valence-electron chi connectivity index (χ0n) is 19.0. The number of halogens is 1. The number of carbonyl (C=O) groups is 2. The number of aliphatic hydroxyl groups excluding tert-OH is 2. The molecule has 0 aromatic carbocycles. The number of fused-ring (bicyclic) bond motifs is 7. The Labute approximate surface area is 187 Å². The van der Waals surface area contributed by atoms with E-state index in [9.17, 15) is 19.8 Å². The number of rotatable bonds is 4. The summed E-state index contributed by atoms with van der Waals surface area (Å²) in [5.74, 6) is -1.39. The first-order valence-electron chi connectivity index (χ1n) is 11.9. The Hall–Kier alpha value is -1.41. The highest BCUT2D eigenvalue weighted by molar-refractivity contribution is 6.01. The summed E-state index contributed by atoms with van der Waals surface area (Å²) in [5.41, 5.74) is -4.58. The minimum Gasteiger partial charge on any atom is -0.390 e. The van der Waals surface area contributed by atoms with Gasteiger partial charge in [0.05, 0.1) is 12.2 Å². The summed E-state index contributed by atoms with van der Waals surface area (Å²) in [7, 11) is 0. The minimum absolute atomic E-state index is 0.0275. The summed E-state index contributed by atoms with van der Waals surface area (Å²) in [5, 5.41) is 21.3. The van der Waals surface area contributed by atoms with Gasteiger partial charge in [-0.05, 0) is 57.1 Å². The maximum absolute atomic E-state index is 17.2. The molecular weight excluding hydrogens is 415 g/mol. The molecule has 4 fully saturated rings. The van der Waals surface area contributed by atoms with Crippen LogP contribution in [0, 0.1) is 22.7 Å². The smallest absolute Gasteiger partial charge is 0.193 e. The van der Waals surface area contributed by atoms with Crippen molar-refractivity contribution in [1.29, 1.82) is 0 Å². The average Bonchev–Trinajstić information content (AvgIpc) is 3.22. The fraction of sp³-hybridized carbons (Fsp3) is 0.760. The molecule has 3 saturated carbocycles. The van der Waals surface area contributed by atoms with Crippen LogP contribution in [0.1, 0.15) is 59.3 Å². The number of ketones is 2. The van der Waals surface area contributed by atoms with Crippen LogP contribution in [0.3, 0.4) is 0 Å². The van der Waals surface area contributed by atoms with E-state index in [2.05, 4.69) is 0 Å². The third kappa shape index (κ3) is 2.43. The number of hydrogen-bond donors (Lipinski definition) is 2. The van der Waals surface area contributed by atoms with Gasteiger partial charge in [-0.2, -0.15) is 0 Å². The third-order valence-electron chi connectivity index (χ3n) is 9.52. The molecule has 1 heterocycles. The van der Waals surface area contributed by atoms with Crippen LogP contribution in [0.4, 0.5) is 4.39 Å². The molecule has 9 atom stereocenters. The molecule has 176 valence electrons. The summed E-state index contributed by atoms with van der Waals surface area (Å²) in [6.07, 6.45) is 5.03. The molecule has 7 heteroatoms. The molecule has 0 aromatic heterocycles. The Balaban J connectivity index is 1.60. The van der Waals surface area contributed by atoms with Crippen LogP contribution in [0.25, 0.3) is 0 Å². The van der Waals surface area contributed by atoms with Crippen molar-refractivity contribution in [3.8, 4) is 0 Å². The SMILES string of the molecule is CCCC1O[C@@H]2C[C@H]3[C@@H]4CCC5=CC(=O)C=C[C@]5(C)[C@@]4(F)[C@@H](O)C[C@]3(C)[C@]2(C(=O)CO)O1. The van der Waals surface area contributed by atoms with E-state index < -0.39 is 58.9 Å². The van der Waals surface area contributed by atoms with Crippen LogP contribution in [-0.4, -0.2) is 58.2 Å². The summed E-state index contributed by atoms with van der Waals surface area (Å²) in [4.78, 5) is 25.2. The zero-order valence-corrected chi connectivity index (χ0v) is 19.0. The topological polar surface area (TPSA) is 93.1 Å². The molecule has 32 heavy (non-hydrogen) atoms. The quantitative estimate of drug-likeness (QED) is 0.687. The molecule has 0 radical (unpaired) electrons. The molecule has 0 amide bonds. The number of alkyl halides is 1. The van der Waals surface area contributed by atoms with Crippen LogP contribution in [0.2, 0.25) is 0 Å². The van der Waals surface area contributed by atoms with E-state index in [-0.39, 0.29) is 18.1 Å². The lowest BCUT2D eigenvalue weighted by Gasteiger charge is -2.62. The standard InChI is InChI=1S/C25H33FO6/c1-4-5-21-31-20-11-17-16-7-6-14-10-15(28)8-9-22(14,2)24(16,26)18(29)12-23(17,3)25(20,32-21)19(30)13-27/h8-10,16-18,20-21,27,29H,4-7,11-13H2,1-3H3/t16-,17-,18-,20+,21?,22-,23-,24-,25+/m0/s1.